The van der Waals surface area contributed by atoms with E-state index in [0.717, 1.165) is 0 Å². The third-order valence-electron chi connectivity index (χ3n) is 2.43. The summed E-state index contributed by atoms with van der Waals surface area (Å²) in [5.74, 6) is -0.567. The van der Waals surface area contributed by atoms with Gasteiger partial charge in [-0.1, -0.05) is 17.7 Å². The van der Waals surface area contributed by atoms with Crippen molar-refractivity contribution in [2.24, 2.45) is 0 Å². The van der Waals surface area contributed by atoms with Crippen molar-refractivity contribution < 1.29 is 9.18 Å². The standard InChI is InChI=1S/C13H11ClFNOS/c1-2-3-6-16-13(17)12-11(14)9-5-4-8(15)7-10(9)18-12/h2,4-5,7H,1,3,6H2,(H,16,17). The quantitative estimate of drug-likeness (QED) is 0.667. The Morgan fingerprint density at radius 3 is 3.06 bits per heavy atom. The molecule has 2 rings (SSSR count). The summed E-state index contributed by atoms with van der Waals surface area (Å²) in [7, 11) is 0. The third-order valence-corrected chi connectivity index (χ3v) is 4.09. The molecule has 1 heterocycles. The molecule has 0 saturated heterocycles. The topological polar surface area (TPSA) is 29.1 Å². The molecule has 1 aromatic heterocycles. The highest BCUT2D eigenvalue weighted by Crippen LogP contribution is 2.35. The lowest BCUT2D eigenvalue weighted by Crippen LogP contribution is -2.23. The van der Waals surface area contributed by atoms with Crippen LogP contribution in [0.25, 0.3) is 10.1 Å². The summed E-state index contributed by atoms with van der Waals surface area (Å²) < 4.78 is 13.8. The zero-order chi connectivity index (χ0) is 13.1. The molecular weight excluding hydrogens is 273 g/mol. The van der Waals surface area contributed by atoms with E-state index in [-0.39, 0.29) is 11.7 Å². The number of hydrogen-bond acceptors (Lipinski definition) is 2. The van der Waals surface area contributed by atoms with Crippen LogP contribution in [0.15, 0.2) is 30.9 Å². The van der Waals surface area contributed by atoms with Gasteiger partial charge >= 0.3 is 0 Å². The summed E-state index contributed by atoms with van der Waals surface area (Å²) in [5.41, 5.74) is 0. The number of rotatable bonds is 4. The molecule has 0 aliphatic rings. The van der Waals surface area contributed by atoms with Crippen LogP contribution in [-0.4, -0.2) is 12.5 Å². The fourth-order valence-corrected chi connectivity index (χ4v) is 3.01. The van der Waals surface area contributed by atoms with Gasteiger partial charge in [-0.05, 0) is 24.6 Å². The van der Waals surface area contributed by atoms with E-state index in [1.54, 1.807) is 12.1 Å². The lowest BCUT2D eigenvalue weighted by Gasteiger charge is -2.00. The first-order valence-electron chi connectivity index (χ1n) is 5.40. The smallest absolute Gasteiger partial charge is 0.262 e. The number of benzene rings is 1. The Hall–Kier alpha value is -1.39. The number of carbonyl (C=O) groups excluding carboxylic acids is 1. The van der Waals surface area contributed by atoms with Crippen LogP contribution in [-0.2, 0) is 0 Å². The van der Waals surface area contributed by atoms with Gasteiger partial charge in [0, 0.05) is 16.6 Å². The fourth-order valence-electron chi connectivity index (χ4n) is 1.55. The van der Waals surface area contributed by atoms with Crippen LogP contribution in [0.3, 0.4) is 0 Å². The van der Waals surface area contributed by atoms with Crippen LogP contribution in [0.2, 0.25) is 5.02 Å². The van der Waals surface area contributed by atoms with Gasteiger partial charge in [0.25, 0.3) is 5.91 Å². The van der Waals surface area contributed by atoms with E-state index in [9.17, 15) is 9.18 Å². The monoisotopic (exact) mass is 283 g/mol. The largest absolute Gasteiger partial charge is 0.351 e. The average Bonchev–Trinajstić information content (AvgIpc) is 2.66. The summed E-state index contributed by atoms with van der Waals surface area (Å²) in [6.45, 7) is 4.09. The summed E-state index contributed by atoms with van der Waals surface area (Å²) >= 11 is 7.32. The van der Waals surface area contributed by atoms with Crippen molar-refractivity contribution in [1.29, 1.82) is 0 Å². The highest BCUT2D eigenvalue weighted by Gasteiger charge is 2.16. The molecule has 0 saturated carbocycles. The number of amides is 1. The normalized spacial score (nSPS) is 10.6. The average molecular weight is 284 g/mol. The molecule has 0 aliphatic carbocycles. The Kier molecular flexibility index (Phi) is 3.99. The van der Waals surface area contributed by atoms with E-state index in [4.69, 9.17) is 11.6 Å². The Bertz CT molecular complexity index is 608. The Labute approximate surface area is 113 Å². The van der Waals surface area contributed by atoms with Gasteiger partial charge in [-0.3, -0.25) is 4.79 Å². The molecular formula is C13H11ClFNOS. The number of halogens is 2. The van der Waals surface area contributed by atoms with Crippen molar-refractivity contribution in [2.75, 3.05) is 6.54 Å². The Balaban J connectivity index is 2.30. The second-order valence-electron chi connectivity index (χ2n) is 3.72. The molecule has 5 heteroatoms. The van der Waals surface area contributed by atoms with E-state index in [1.807, 2.05) is 0 Å². The molecule has 0 bridgehead atoms. The van der Waals surface area contributed by atoms with E-state index < -0.39 is 0 Å². The zero-order valence-electron chi connectivity index (χ0n) is 9.50. The minimum absolute atomic E-state index is 0.233. The molecule has 0 atom stereocenters. The number of fused-ring (bicyclic) bond motifs is 1. The highest BCUT2D eigenvalue weighted by atomic mass is 35.5. The molecule has 1 N–H and O–H groups in total. The maximum absolute atomic E-state index is 13.1. The van der Waals surface area contributed by atoms with E-state index in [1.165, 1.54) is 23.5 Å². The predicted octanol–water partition coefficient (Wildman–Crippen LogP) is 4.00. The van der Waals surface area contributed by atoms with E-state index >= 15 is 0 Å². The summed E-state index contributed by atoms with van der Waals surface area (Å²) in [4.78, 5) is 12.3. The number of carbonyl (C=O) groups is 1. The van der Waals surface area contributed by atoms with Gasteiger partial charge in [-0.2, -0.15) is 0 Å². The van der Waals surface area contributed by atoms with Gasteiger partial charge in [0.15, 0.2) is 0 Å². The number of hydrogen-bond donors (Lipinski definition) is 1. The lowest BCUT2D eigenvalue weighted by atomic mass is 10.2. The van der Waals surface area contributed by atoms with Gasteiger partial charge in [0.05, 0.1) is 5.02 Å². The number of nitrogens with one attached hydrogen (secondary N) is 1. The SMILES string of the molecule is C=CCCNC(=O)c1sc2cc(F)ccc2c1Cl. The predicted molar refractivity (Wildman–Crippen MR) is 73.9 cm³/mol. The van der Waals surface area contributed by atoms with Crippen molar-refractivity contribution >= 4 is 38.9 Å². The Morgan fingerprint density at radius 1 is 1.56 bits per heavy atom. The maximum Gasteiger partial charge on any atom is 0.262 e. The molecule has 18 heavy (non-hydrogen) atoms. The van der Waals surface area contributed by atoms with Crippen molar-refractivity contribution in [2.45, 2.75) is 6.42 Å². The molecule has 0 aliphatic heterocycles. The zero-order valence-corrected chi connectivity index (χ0v) is 11.1. The minimum Gasteiger partial charge on any atom is -0.351 e. The summed E-state index contributed by atoms with van der Waals surface area (Å²) in [6.07, 6.45) is 2.42. The second kappa shape index (κ2) is 5.50. The maximum atomic E-state index is 13.1. The molecule has 0 unspecified atom stereocenters. The fraction of sp³-hybridized carbons (Fsp3) is 0.154. The van der Waals surface area contributed by atoms with Crippen LogP contribution in [0.1, 0.15) is 16.1 Å². The van der Waals surface area contributed by atoms with Crippen LogP contribution in [0.4, 0.5) is 4.39 Å². The van der Waals surface area contributed by atoms with Gasteiger partial charge in [0.2, 0.25) is 0 Å². The van der Waals surface area contributed by atoms with Gasteiger partial charge < -0.3 is 5.32 Å². The van der Waals surface area contributed by atoms with E-state index in [0.29, 0.717) is 33.0 Å². The van der Waals surface area contributed by atoms with Crippen molar-refractivity contribution in [3.05, 3.63) is 46.6 Å². The molecule has 0 spiro atoms. The van der Waals surface area contributed by atoms with Crippen LogP contribution in [0.5, 0.6) is 0 Å². The molecule has 2 aromatic rings. The van der Waals surface area contributed by atoms with Crippen molar-refractivity contribution in [3.63, 3.8) is 0 Å². The first-order chi connectivity index (χ1) is 8.63. The minimum atomic E-state index is -0.334. The van der Waals surface area contributed by atoms with Gasteiger partial charge in [0.1, 0.15) is 10.7 Å². The van der Waals surface area contributed by atoms with Crippen molar-refractivity contribution in [1.82, 2.24) is 5.32 Å². The lowest BCUT2D eigenvalue weighted by molar-refractivity contribution is 0.0958. The van der Waals surface area contributed by atoms with Crippen LogP contribution >= 0.6 is 22.9 Å². The van der Waals surface area contributed by atoms with Gasteiger partial charge in [-0.15, -0.1) is 17.9 Å². The van der Waals surface area contributed by atoms with Gasteiger partial charge in [-0.25, -0.2) is 4.39 Å². The first-order valence-corrected chi connectivity index (χ1v) is 6.59. The molecule has 0 radical (unpaired) electrons. The highest BCUT2D eigenvalue weighted by molar-refractivity contribution is 7.21. The molecule has 94 valence electrons. The first kappa shape index (κ1) is 13.1. The second-order valence-corrected chi connectivity index (χ2v) is 5.15. The van der Waals surface area contributed by atoms with E-state index in [2.05, 4.69) is 11.9 Å². The molecule has 1 aromatic carbocycles. The molecule has 1 amide bonds. The molecule has 2 nitrogen and oxygen atoms in total. The third kappa shape index (κ3) is 2.54. The summed E-state index contributed by atoms with van der Waals surface area (Å²) in [6, 6.07) is 4.30. The van der Waals surface area contributed by atoms with Crippen LogP contribution in [0, 0.1) is 5.82 Å². The van der Waals surface area contributed by atoms with Crippen LogP contribution < -0.4 is 5.32 Å². The Morgan fingerprint density at radius 2 is 2.33 bits per heavy atom. The number of thiophene rings is 1. The molecule has 0 fully saturated rings. The summed E-state index contributed by atoms with van der Waals surface area (Å²) in [5, 5.41) is 3.82. The van der Waals surface area contributed by atoms with Crippen molar-refractivity contribution in [3.8, 4) is 0 Å².